The number of nitrogens with zero attached hydrogens (tertiary/aromatic N) is 2. The second-order valence-electron chi connectivity index (χ2n) is 7.28. The lowest BCUT2D eigenvalue weighted by molar-refractivity contribution is 0.0950. The zero-order valence-corrected chi connectivity index (χ0v) is 15.9. The van der Waals surface area contributed by atoms with E-state index in [1.54, 1.807) is 30.3 Å². The molecule has 2 heterocycles. The Morgan fingerprint density at radius 2 is 2.07 bits per heavy atom. The quantitative estimate of drug-likeness (QED) is 0.730. The topological polar surface area (TPSA) is 88.0 Å². The number of piperidine rings is 1. The van der Waals surface area contributed by atoms with Gasteiger partial charge in [-0.2, -0.15) is 5.10 Å². The maximum Gasteiger partial charge on any atom is 0.276 e. The number of carbonyl (C=O) groups excluding carboxylic acids is 2. The lowest BCUT2D eigenvalue weighted by Gasteiger charge is -2.22. The van der Waals surface area contributed by atoms with Gasteiger partial charge < -0.3 is 16.0 Å². The molecule has 1 saturated heterocycles. The second kappa shape index (κ2) is 8.81. The van der Waals surface area contributed by atoms with Gasteiger partial charge in [-0.3, -0.25) is 14.3 Å². The molecule has 0 saturated carbocycles. The van der Waals surface area contributed by atoms with Crippen LogP contribution in [0.5, 0.6) is 0 Å². The Kier molecular flexibility index (Phi) is 6.24. The highest BCUT2D eigenvalue weighted by Crippen LogP contribution is 2.18. The fourth-order valence-corrected chi connectivity index (χ4v) is 3.09. The number of hydrogen-bond acceptors (Lipinski definition) is 4. The molecule has 0 aliphatic carbocycles. The van der Waals surface area contributed by atoms with Gasteiger partial charge in [0, 0.05) is 19.3 Å². The van der Waals surface area contributed by atoms with Crippen molar-refractivity contribution in [1.29, 1.82) is 0 Å². The summed E-state index contributed by atoms with van der Waals surface area (Å²) in [5.41, 5.74) is 1.28. The summed E-state index contributed by atoms with van der Waals surface area (Å²) in [7, 11) is 0. The first-order valence-electron chi connectivity index (χ1n) is 9.49. The molecular formula is C20H27N5O2. The SMILES string of the molecule is CC(C)CNC(=O)c1ccccc1NC(=O)c1ccn(C2CCCNC2)n1. The van der Waals surface area contributed by atoms with E-state index in [1.807, 2.05) is 24.7 Å². The molecule has 2 amide bonds. The van der Waals surface area contributed by atoms with Crippen molar-refractivity contribution in [2.75, 3.05) is 25.0 Å². The molecule has 0 bridgehead atoms. The largest absolute Gasteiger partial charge is 0.352 e. The number of rotatable bonds is 6. The van der Waals surface area contributed by atoms with Crippen molar-refractivity contribution in [3.05, 3.63) is 47.8 Å². The molecule has 144 valence electrons. The van der Waals surface area contributed by atoms with Gasteiger partial charge in [-0.15, -0.1) is 0 Å². The summed E-state index contributed by atoms with van der Waals surface area (Å²) < 4.78 is 1.85. The smallest absolute Gasteiger partial charge is 0.276 e. The maximum absolute atomic E-state index is 12.6. The number of amides is 2. The molecule has 3 N–H and O–H groups in total. The Labute approximate surface area is 159 Å². The summed E-state index contributed by atoms with van der Waals surface area (Å²) in [6, 6.07) is 8.99. The molecule has 2 aromatic rings. The van der Waals surface area contributed by atoms with Crippen LogP contribution < -0.4 is 16.0 Å². The molecule has 27 heavy (non-hydrogen) atoms. The molecule has 3 rings (SSSR count). The van der Waals surface area contributed by atoms with Gasteiger partial charge in [-0.1, -0.05) is 26.0 Å². The first-order chi connectivity index (χ1) is 13.0. The Balaban J connectivity index is 1.69. The van der Waals surface area contributed by atoms with Crippen LogP contribution in [0.3, 0.4) is 0 Å². The van der Waals surface area contributed by atoms with Gasteiger partial charge in [0.05, 0.1) is 17.3 Å². The molecule has 1 aromatic heterocycles. The van der Waals surface area contributed by atoms with E-state index in [0.29, 0.717) is 29.4 Å². The summed E-state index contributed by atoms with van der Waals surface area (Å²) >= 11 is 0. The standard InChI is InChI=1S/C20H27N5O2/c1-14(2)12-22-19(26)16-7-3-4-8-17(16)23-20(27)18-9-11-25(24-18)15-6-5-10-21-13-15/h3-4,7-9,11,14-15,21H,5-6,10,12-13H2,1-2H3,(H,22,26)(H,23,27). The number of aromatic nitrogens is 2. The molecular weight excluding hydrogens is 342 g/mol. The lowest BCUT2D eigenvalue weighted by atomic mass is 10.1. The van der Waals surface area contributed by atoms with Gasteiger partial charge in [-0.05, 0) is 43.5 Å². The van der Waals surface area contributed by atoms with Crippen LogP contribution in [-0.4, -0.2) is 41.2 Å². The first kappa shape index (κ1) is 19.1. The van der Waals surface area contributed by atoms with Crippen LogP contribution in [0.4, 0.5) is 5.69 Å². The van der Waals surface area contributed by atoms with Crippen LogP contribution >= 0.6 is 0 Å². The van der Waals surface area contributed by atoms with Crippen molar-refractivity contribution in [3.8, 4) is 0 Å². The Morgan fingerprint density at radius 1 is 1.26 bits per heavy atom. The summed E-state index contributed by atoms with van der Waals surface area (Å²) in [5, 5.41) is 13.5. The fraction of sp³-hybridized carbons (Fsp3) is 0.450. The van der Waals surface area contributed by atoms with Gasteiger partial charge in [0.15, 0.2) is 5.69 Å². The van der Waals surface area contributed by atoms with Gasteiger partial charge in [0.1, 0.15) is 0 Å². The Bertz CT molecular complexity index is 793. The third-order valence-electron chi connectivity index (χ3n) is 4.58. The highest BCUT2D eigenvalue weighted by Gasteiger charge is 2.19. The number of hydrogen-bond donors (Lipinski definition) is 3. The van der Waals surface area contributed by atoms with E-state index in [-0.39, 0.29) is 17.9 Å². The molecule has 1 atom stereocenters. The average Bonchev–Trinajstić information content (AvgIpc) is 3.17. The predicted octanol–water partition coefficient (Wildman–Crippen LogP) is 2.45. The van der Waals surface area contributed by atoms with Crippen LogP contribution in [0.25, 0.3) is 0 Å². The van der Waals surface area contributed by atoms with E-state index >= 15 is 0 Å². The van der Waals surface area contributed by atoms with Crippen LogP contribution in [0.2, 0.25) is 0 Å². The number of carbonyl (C=O) groups is 2. The zero-order chi connectivity index (χ0) is 19.2. The van der Waals surface area contributed by atoms with E-state index in [4.69, 9.17) is 0 Å². The molecule has 1 aliphatic heterocycles. The minimum absolute atomic E-state index is 0.196. The zero-order valence-electron chi connectivity index (χ0n) is 15.9. The van der Waals surface area contributed by atoms with Crippen LogP contribution in [0, 0.1) is 5.92 Å². The lowest BCUT2D eigenvalue weighted by Crippen LogP contribution is -2.32. The van der Waals surface area contributed by atoms with Crippen molar-refractivity contribution in [1.82, 2.24) is 20.4 Å². The molecule has 0 spiro atoms. The fourth-order valence-electron chi connectivity index (χ4n) is 3.09. The number of benzene rings is 1. The summed E-state index contributed by atoms with van der Waals surface area (Å²) in [6.07, 6.45) is 3.99. The first-order valence-corrected chi connectivity index (χ1v) is 9.49. The van der Waals surface area contributed by atoms with Crippen molar-refractivity contribution in [2.24, 2.45) is 5.92 Å². The minimum atomic E-state index is -0.318. The van der Waals surface area contributed by atoms with E-state index in [2.05, 4.69) is 21.0 Å². The highest BCUT2D eigenvalue weighted by atomic mass is 16.2. The van der Waals surface area contributed by atoms with Gasteiger partial charge >= 0.3 is 0 Å². The van der Waals surface area contributed by atoms with Crippen LogP contribution in [-0.2, 0) is 0 Å². The van der Waals surface area contributed by atoms with Crippen LogP contribution in [0.1, 0.15) is 53.6 Å². The van der Waals surface area contributed by atoms with E-state index < -0.39 is 0 Å². The number of para-hydroxylation sites is 1. The summed E-state index contributed by atoms with van der Waals surface area (Å²) in [6.45, 7) is 6.54. The van der Waals surface area contributed by atoms with Crippen molar-refractivity contribution >= 4 is 17.5 Å². The Morgan fingerprint density at radius 3 is 2.81 bits per heavy atom. The van der Waals surface area contributed by atoms with Crippen molar-refractivity contribution < 1.29 is 9.59 Å². The third kappa shape index (κ3) is 4.95. The van der Waals surface area contributed by atoms with Crippen LogP contribution in [0.15, 0.2) is 36.5 Å². The van der Waals surface area contributed by atoms with E-state index in [1.165, 1.54) is 0 Å². The maximum atomic E-state index is 12.6. The van der Waals surface area contributed by atoms with Crippen molar-refractivity contribution in [3.63, 3.8) is 0 Å². The highest BCUT2D eigenvalue weighted by molar-refractivity contribution is 6.08. The summed E-state index contributed by atoms with van der Waals surface area (Å²) in [5.74, 6) is -0.158. The monoisotopic (exact) mass is 369 g/mol. The third-order valence-corrected chi connectivity index (χ3v) is 4.58. The minimum Gasteiger partial charge on any atom is -0.352 e. The van der Waals surface area contributed by atoms with Gasteiger partial charge in [-0.25, -0.2) is 0 Å². The van der Waals surface area contributed by atoms with Gasteiger partial charge in [0.25, 0.3) is 11.8 Å². The molecule has 7 nitrogen and oxygen atoms in total. The van der Waals surface area contributed by atoms with E-state index in [0.717, 1.165) is 25.9 Å². The molecule has 1 fully saturated rings. The van der Waals surface area contributed by atoms with Crippen molar-refractivity contribution in [2.45, 2.75) is 32.7 Å². The number of nitrogens with one attached hydrogen (secondary N) is 3. The molecule has 1 aliphatic rings. The molecule has 0 radical (unpaired) electrons. The normalized spacial score (nSPS) is 16.9. The predicted molar refractivity (Wildman–Crippen MR) is 105 cm³/mol. The molecule has 1 aromatic carbocycles. The summed E-state index contributed by atoms with van der Waals surface area (Å²) in [4.78, 5) is 25.0. The van der Waals surface area contributed by atoms with Gasteiger partial charge in [0.2, 0.25) is 0 Å². The molecule has 7 heteroatoms. The Hall–Kier alpha value is -2.67. The average molecular weight is 369 g/mol. The molecule has 1 unspecified atom stereocenters. The van der Waals surface area contributed by atoms with E-state index in [9.17, 15) is 9.59 Å². The second-order valence-corrected chi connectivity index (χ2v) is 7.28. The number of anilines is 1.